The summed E-state index contributed by atoms with van der Waals surface area (Å²) in [5, 5.41) is 8.59. The van der Waals surface area contributed by atoms with Gasteiger partial charge in [-0.3, -0.25) is 14.5 Å². The van der Waals surface area contributed by atoms with Crippen LogP contribution in [0.15, 0.2) is 0 Å². The molecule has 5 nitrogen and oxygen atoms in total. The Labute approximate surface area is 96.0 Å². The zero-order chi connectivity index (χ0) is 12.1. The fourth-order valence-corrected chi connectivity index (χ4v) is 2.08. The van der Waals surface area contributed by atoms with E-state index in [9.17, 15) is 9.59 Å². The van der Waals surface area contributed by atoms with E-state index in [0.717, 1.165) is 19.4 Å². The van der Waals surface area contributed by atoms with Gasteiger partial charge in [0.05, 0.1) is 13.1 Å². The Hall–Kier alpha value is -1.10. The van der Waals surface area contributed by atoms with Gasteiger partial charge in [0.25, 0.3) is 0 Å². The first-order chi connectivity index (χ1) is 7.50. The van der Waals surface area contributed by atoms with Crippen molar-refractivity contribution < 1.29 is 14.7 Å². The molecule has 0 aromatic rings. The average Bonchev–Trinajstić information content (AvgIpc) is 2.16. The molecule has 1 rings (SSSR count). The molecular weight excluding hydrogens is 208 g/mol. The maximum Gasteiger partial charge on any atom is 0.317 e. The standard InChI is InChI=1S/C11H20N2O3/c1-9-5-3-4-6-13(9)10(14)7-12(2)8-11(15)16/h9H,3-8H2,1-2H3,(H,15,16). The van der Waals surface area contributed by atoms with Crippen LogP contribution >= 0.6 is 0 Å². The van der Waals surface area contributed by atoms with Gasteiger partial charge in [-0.25, -0.2) is 0 Å². The van der Waals surface area contributed by atoms with Crippen molar-refractivity contribution in [2.75, 3.05) is 26.7 Å². The first-order valence-corrected chi connectivity index (χ1v) is 5.70. The largest absolute Gasteiger partial charge is 0.480 e. The van der Waals surface area contributed by atoms with Gasteiger partial charge < -0.3 is 10.0 Å². The van der Waals surface area contributed by atoms with Crippen LogP contribution in [0.1, 0.15) is 26.2 Å². The van der Waals surface area contributed by atoms with Crippen LogP contribution in [-0.4, -0.2) is 59.5 Å². The summed E-state index contributed by atoms with van der Waals surface area (Å²) in [6.45, 7) is 2.96. The zero-order valence-corrected chi connectivity index (χ0v) is 9.98. The summed E-state index contributed by atoms with van der Waals surface area (Å²) in [5.74, 6) is -0.863. The van der Waals surface area contributed by atoms with E-state index in [2.05, 4.69) is 0 Å². The molecular formula is C11H20N2O3. The van der Waals surface area contributed by atoms with Gasteiger partial charge in [0.15, 0.2) is 0 Å². The normalized spacial score (nSPS) is 21.2. The van der Waals surface area contributed by atoms with E-state index in [1.54, 1.807) is 7.05 Å². The highest BCUT2D eigenvalue weighted by atomic mass is 16.4. The monoisotopic (exact) mass is 228 g/mol. The summed E-state index contributed by atoms with van der Waals surface area (Å²) in [6, 6.07) is 0.291. The first-order valence-electron chi connectivity index (χ1n) is 5.70. The van der Waals surface area contributed by atoms with Crippen LogP contribution in [0.5, 0.6) is 0 Å². The van der Waals surface area contributed by atoms with Crippen molar-refractivity contribution >= 4 is 11.9 Å². The van der Waals surface area contributed by atoms with Gasteiger partial charge in [-0.1, -0.05) is 0 Å². The molecule has 0 aromatic heterocycles. The number of carbonyl (C=O) groups is 2. The predicted octanol–water partition coefficient (Wildman–Crippen LogP) is 0.404. The minimum atomic E-state index is -0.901. The SMILES string of the molecule is CC1CCCCN1C(=O)CN(C)CC(=O)O. The molecule has 1 fully saturated rings. The molecule has 1 atom stereocenters. The van der Waals surface area contributed by atoms with Crippen LogP contribution in [0.2, 0.25) is 0 Å². The number of amides is 1. The van der Waals surface area contributed by atoms with Crippen LogP contribution in [0.25, 0.3) is 0 Å². The summed E-state index contributed by atoms with van der Waals surface area (Å²) in [5.41, 5.74) is 0. The lowest BCUT2D eigenvalue weighted by atomic mass is 10.0. The van der Waals surface area contributed by atoms with Crippen molar-refractivity contribution in [2.45, 2.75) is 32.2 Å². The lowest BCUT2D eigenvalue weighted by molar-refractivity contribution is -0.140. The van der Waals surface area contributed by atoms with E-state index in [0.29, 0.717) is 6.04 Å². The highest BCUT2D eigenvalue weighted by Gasteiger charge is 2.23. The third-order valence-electron chi connectivity index (χ3n) is 2.93. The van der Waals surface area contributed by atoms with Crippen molar-refractivity contribution in [1.82, 2.24) is 9.80 Å². The van der Waals surface area contributed by atoms with Gasteiger partial charge >= 0.3 is 5.97 Å². The number of aliphatic carboxylic acids is 1. The second kappa shape index (κ2) is 5.84. The third-order valence-corrected chi connectivity index (χ3v) is 2.93. The van der Waals surface area contributed by atoms with Crippen molar-refractivity contribution in [1.29, 1.82) is 0 Å². The third kappa shape index (κ3) is 3.81. The molecule has 1 unspecified atom stereocenters. The minimum Gasteiger partial charge on any atom is -0.480 e. The number of carboxylic acids is 1. The number of likely N-dealkylation sites (N-methyl/N-ethyl adjacent to an activating group) is 1. The van der Waals surface area contributed by atoms with Crippen LogP contribution < -0.4 is 0 Å². The number of hydrogen-bond acceptors (Lipinski definition) is 3. The molecule has 1 saturated heterocycles. The minimum absolute atomic E-state index is 0.0379. The van der Waals surface area contributed by atoms with Gasteiger partial charge in [-0.2, -0.15) is 0 Å². The van der Waals surface area contributed by atoms with E-state index in [1.807, 2.05) is 11.8 Å². The fourth-order valence-electron chi connectivity index (χ4n) is 2.08. The number of carboxylic acid groups (broad SMARTS) is 1. The molecule has 1 aliphatic heterocycles. The number of likely N-dealkylation sites (tertiary alicyclic amines) is 1. The van der Waals surface area contributed by atoms with Gasteiger partial charge in [0, 0.05) is 12.6 Å². The van der Waals surface area contributed by atoms with E-state index >= 15 is 0 Å². The van der Waals surface area contributed by atoms with E-state index in [-0.39, 0.29) is 19.0 Å². The summed E-state index contributed by atoms with van der Waals surface area (Å²) in [4.78, 5) is 25.8. The Morgan fingerprint density at radius 2 is 2.06 bits per heavy atom. The van der Waals surface area contributed by atoms with Crippen molar-refractivity contribution in [3.63, 3.8) is 0 Å². The Kier molecular flexibility index (Phi) is 4.73. The van der Waals surface area contributed by atoms with Crippen LogP contribution in [-0.2, 0) is 9.59 Å². The Balaban J connectivity index is 2.41. The van der Waals surface area contributed by atoms with E-state index < -0.39 is 5.97 Å². The number of nitrogens with zero attached hydrogens (tertiary/aromatic N) is 2. The molecule has 0 aromatic carbocycles. The number of carbonyl (C=O) groups excluding carboxylic acids is 1. The highest BCUT2D eigenvalue weighted by Crippen LogP contribution is 2.16. The zero-order valence-electron chi connectivity index (χ0n) is 9.98. The molecule has 16 heavy (non-hydrogen) atoms. The molecule has 92 valence electrons. The second-order valence-electron chi connectivity index (χ2n) is 4.50. The van der Waals surface area contributed by atoms with E-state index in [1.165, 1.54) is 11.3 Å². The molecule has 5 heteroatoms. The summed E-state index contributed by atoms with van der Waals surface area (Å²) in [6.07, 6.45) is 3.28. The summed E-state index contributed by atoms with van der Waals surface area (Å²) < 4.78 is 0. The van der Waals surface area contributed by atoms with Crippen LogP contribution in [0.3, 0.4) is 0 Å². The molecule has 0 saturated carbocycles. The van der Waals surface area contributed by atoms with Crippen LogP contribution in [0.4, 0.5) is 0 Å². The van der Waals surface area contributed by atoms with Gasteiger partial charge in [0.2, 0.25) is 5.91 Å². The maximum absolute atomic E-state index is 11.9. The molecule has 1 amide bonds. The lowest BCUT2D eigenvalue weighted by Gasteiger charge is -2.34. The smallest absolute Gasteiger partial charge is 0.317 e. The second-order valence-corrected chi connectivity index (χ2v) is 4.50. The Morgan fingerprint density at radius 3 is 2.62 bits per heavy atom. The van der Waals surface area contributed by atoms with Crippen molar-refractivity contribution in [3.8, 4) is 0 Å². The number of rotatable bonds is 4. The molecule has 0 radical (unpaired) electrons. The average molecular weight is 228 g/mol. The summed E-state index contributed by atoms with van der Waals surface area (Å²) >= 11 is 0. The molecule has 0 spiro atoms. The Morgan fingerprint density at radius 1 is 1.38 bits per heavy atom. The molecule has 1 N–H and O–H groups in total. The van der Waals surface area contributed by atoms with E-state index in [4.69, 9.17) is 5.11 Å². The maximum atomic E-state index is 11.9. The topological polar surface area (TPSA) is 60.9 Å². The van der Waals surface area contributed by atoms with Gasteiger partial charge in [0.1, 0.15) is 0 Å². The van der Waals surface area contributed by atoms with Crippen molar-refractivity contribution in [3.05, 3.63) is 0 Å². The molecule has 0 bridgehead atoms. The molecule has 1 heterocycles. The fraction of sp³-hybridized carbons (Fsp3) is 0.818. The van der Waals surface area contributed by atoms with Gasteiger partial charge in [-0.15, -0.1) is 0 Å². The first kappa shape index (κ1) is 13.0. The summed E-state index contributed by atoms with van der Waals surface area (Å²) in [7, 11) is 1.65. The predicted molar refractivity (Wildman–Crippen MR) is 60.2 cm³/mol. The van der Waals surface area contributed by atoms with Gasteiger partial charge in [-0.05, 0) is 33.2 Å². The molecule has 0 aliphatic carbocycles. The van der Waals surface area contributed by atoms with Crippen LogP contribution in [0, 0.1) is 0 Å². The number of piperidine rings is 1. The molecule has 1 aliphatic rings. The Bertz CT molecular complexity index is 268. The lowest BCUT2D eigenvalue weighted by Crippen LogP contribution is -2.46. The quantitative estimate of drug-likeness (QED) is 0.757. The number of hydrogen-bond donors (Lipinski definition) is 1. The van der Waals surface area contributed by atoms with Crippen molar-refractivity contribution in [2.24, 2.45) is 0 Å². The highest BCUT2D eigenvalue weighted by molar-refractivity contribution is 5.79.